The van der Waals surface area contributed by atoms with E-state index in [-0.39, 0.29) is 9.63 Å². The Morgan fingerprint density at radius 3 is 2.67 bits per heavy atom. The van der Waals surface area contributed by atoms with Crippen LogP contribution in [0.4, 0.5) is 5.69 Å². The Bertz CT molecular complexity index is 635. The number of halogens is 1. The molecule has 0 aromatic carbocycles. The van der Waals surface area contributed by atoms with Gasteiger partial charge in [-0.1, -0.05) is 5.21 Å². The number of aryl methyl sites for hydroxylation is 1. The van der Waals surface area contributed by atoms with Crippen LogP contribution in [0.15, 0.2) is 34.2 Å². The smallest absolute Gasteiger partial charge is 0.266 e. The number of nitrogens with zero attached hydrogens (tertiary/aromatic N) is 5. The van der Waals surface area contributed by atoms with E-state index in [9.17, 15) is 8.42 Å². The van der Waals surface area contributed by atoms with Gasteiger partial charge in [0.1, 0.15) is 0 Å². The Morgan fingerprint density at radius 2 is 2.17 bits per heavy atom. The lowest BCUT2D eigenvalue weighted by atomic mass is 10.4. The van der Waals surface area contributed by atoms with Crippen molar-refractivity contribution in [3.8, 4) is 0 Å². The predicted octanol–water partition coefficient (Wildman–Crippen LogP) is 0.798. The molecule has 2 rings (SSSR count). The zero-order valence-electron chi connectivity index (χ0n) is 9.65. The summed E-state index contributed by atoms with van der Waals surface area (Å²) in [5.41, 5.74) is 0.464. The first kappa shape index (κ1) is 13.0. The largest absolute Gasteiger partial charge is 0.284 e. The lowest BCUT2D eigenvalue weighted by molar-refractivity contribution is 0.572. The Balaban J connectivity index is 2.51. The molecule has 0 amide bonds. The maximum absolute atomic E-state index is 12.4. The van der Waals surface area contributed by atoms with E-state index in [0.29, 0.717) is 5.69 Å². The normalized spacial score (nSPS) is 11.5. The minimum Gasteiger partial charge on any atom is -0.266 e. The second kappa shape index (κ2) is 4.65. The van der Waals surface area contributed by atoms with E-state index in [1.54, 1.807) is 18.3 Å². The average Bonchev–Trinajstić information content (AvgIpc) is 2.69. The highest BCUT2D eigenvalue weighted by Crippen LogP contribution is 2.24. The fraction of sp³-hybridized carbons (Fsp3) is 0.222. The van der Waals surface area contributed by atoms with Crippen molar-refractivity contribution in [1.29, 1.82) is 0 Å². The second-order valence-electron chi connectivity index (χ2n) is 3.49. The van der Waals surface area contributed by atoms with Crippen molar-refractivity contribution in [3.05, 3.63) is 29.1 Å². The molecule has 2 aromatic rings. The minimum atomic E-state index is -3.73. The molecule has 0 spiro atoms. The van der Waals surface area contributed by atoms with Crippen molar-refractivity contribution >= 4 is 31.6 Å². The van der Waals surface area contributed by atoms with Gasteiger partial charge in [-0.15, -0.1) is 5.10 Å². The summed E-state index contributed by atoms with van der Waals surface area (Å²) in [5.74, 6) is 0. The summed E-state index contributed by atoms with van der Waals surface area (Å²) >= 11 is 3.08. The Labute approximate surface area is 113 Å². The van der Waals surface area contributed by atoms with Gasteiger partial charge in [0, 0.05) is 20.3 Å². The number of rotatable bonds is 3. The van der Waals surface area contributed by atoms with Crippen molar-refractivity contribution in [2.45, 2.75) is 5.03 Å². The third-order valence-corrected chi connectivity index (χ3v) is 5.03. The van der Waals surface area contributed by atoms with Crippen LogP contribution in [-0.2, 0) is 17.1 Å². The molecule has 0 saturated heterocycles. The first-order chi connectivity index (χ1) is 8.44. The van der Waals surface area contributed by atoms with Gasteiger partial charge in [-0.05, 0) is 28.1 Å². The van der Waals surface area contributed by atoms with E-state index in [2.05, 4.69) is 31.2 Å². The average molecular weight is 332 g/mol. The molecule has 18 heavy (non-hydrogen) atoms. The monoisotopic (exact) mass is 331 g/mol. The quantitative estimate of drug-likeness (QED) is 0.830. The Hall–Kier alpha value is -1.48. The highest BCUT2D eigenvalue weighted by atomic mass is 79.9. The van der Waals surface area contributed by atoms with Crippen LogP contribution in [0.5, 0.6) is 0 Å². The van der Waals surface area contributed by atoms with Gasteiger partial charge in [-0.2, -0.15) is 8.42 Å². The van der Waals surface area contributed by atoms with Crippen molar-refractivity contribution in [1.82, 2.24) is 20.0 Å². The third kappa shape index (κ3) is 2.10. The second-order valence-corrected chi connectivity index (χ2v) is 6.13. The van der Waals surface area contributed by atoms with E-state index in [0.717, 1.165) is 4.31 Å². The van der Waals surface area contributed by atoms with Crippen LogP contribution in [0, 0.1) is 0 Å². The highest BCUT2D eigenvalue weighted by Gasteiger charge is 2.28. The molecule has 0 aliphatic rings. The van der Waals surface area contributed by atoms with Gasteiger partial charge in [0.25, 0.3) is 10.0 Å². The number of sulfonamides is 1. The summed E-state index contributed by atoms with van der Waals surface area (Å²) < 4.78 is 27.3. The maximum atomic E-state index is 12.4. The van der Waals surface area contributed by atoms with E-state index in [1.807, 2.05) is 0 Å². The van der Waals surface area contributed by atoms with E-state index >= 15 is 0 Å². The highest BCUT2D eigenvalue weighted by molar-refractivity contribution is 9.10. The minimum absolute atomic E-state index is 0.00569. The standard InChI is InChI=1S/C9H10BrN5O2S/c1-14-9(8(10)12-13-14)18(16,17)15(2)7-4-3-5-11-6-7/h3-6H,1-2H3. The predicted molar refractivity (Wildman–Crippen MR) is 68.5 cm³/mol. The van der Waals surface area contributed by atoms with E-state index in [1.165, 1.54) is 25.0 Å². The SMILES string of the molecule is CN(c1cccnc1)S(=O)(=O)c1c(Br)nnn1C. The molecule has 0 saturated carbocycles. The Morgan fingerprint density at radius 1 is 1.44 bits per heavy atom. The van der Waals surface area contributed by atoms with Crippen LogP contribution in [0.25, 0.3) is 0 Å². The number of aromatic nitrogens is 4. The maximum Gasteiger partial charge on any atom is 0.284 e. The summed E-state index contributed by atoms with van der Waals surface area (Å²) in [6, 6.07) is 3.32. The van der Waals surface area contributed by atoms with Gasteiger partial charge >= 0.3 is 0 Å². The van der Waals surface area contributed by atoms with Crippen LogP contribution in [-0.4, -0.2) is 35.4 Å². The van der Waals surface area contributed by atoms with Crippen molar-refractivity contribution in [2.75, 3.05) is 11.4 Å². The zero-order chi connectivity index (χ0) is 13.3. The molecule has 0 atom stereocenters. The molecule has 0 N–H and O–H groups in total. The molecule has 0 aliphatic carbocycles. The van der Waals surface area contributed by atoms with E-state index < -0.39 is 10.0 Å². The van der Waals surface area contributed by atoms with Crippen molar-refractivity contribution in [3.63, 3.8) is 0 Å². The number of anilines is 1. The molecule has 0 radical (unpaired) electrons. The molecule has 9 heteroatoms. The summed E-state index contributed by atoms with van der Waals surface area (Å²) in [6.07, 6.45) is 3.04. The molecule has 0 bridgehead atoms. The van der Waals surface area contributed by atoms with Crippen LogP contribution >= 0.6 is 15.9 Å². The van der Waals surface area contributed by atoms with Crippen LogP contribution in [0.3, 0.4) is 0 Å². The zero-order valence-corrected chi connectivity index (χ0v) is 12.1. The fourth-order valence-electron chi connectivity index (χ4n) is 1.41. The summed E-state index contributed by atoms with van der Waals surface area (Å²) in [5, 5.41) is 7.32. The molecule has 0 unspecified atom stereocenters. The molecular formula is C9H10BrN5O2S. The molecule has 2 heterocycles. The number of pyridine rings is 1. The topological polar surface area (TPSA) is 81.0 Å². The van der Waals surface area contributed by atoms with Crippen LogP contribution in [0.1, 0.15) is 0 Å². The summed E-state index contributed by atoms with van der Waals surface area (Å²) in [6.45, 7) is 0. The number of hydrogen-bond acceptors (Lipinski definition) is 5. The van der Waals surface area contributed by atoms with Gasteiger partial charge in [0.2, 0.25) is 5.03 Å². The van der Waals surface area contributed by atoms with Gasteiger partial charge in [0.05, 0.1) is 11.9 Å². The fourth-order valence-corrected chi connectivity index (χ4v) is 3.62. The van der Waals surface area contributed by atoms with Gasteiger partial charge in [-0.25, -0.2) is 4.68 Å². The first-order valence-corrected chi connectivity index (χ1v) is 7.12. The van der Waals surface area contributed by atoms with Crippen LogP contribution < -0.4 is 4.31 Å². The lowest BCUT2D eigenvalue weighted by Gasteiger charge is -2.18. The number of hydrogen-bond donors (Lipinski definition) is 0. The van der Waals surface area contributed by atoms with Crippen molar-refractivity contribution < 1.29 is 8.42 Å². The molecular weight excluding hydrogens is 322 g/mol. The summed E-state index contributed by atoms with van der Waals surface area (Å²) in [7, 11) is -0.760. The molecule has 0 aliphatic heterocycles. The molecule has 96 valence electrons. The lowest BCUT2D eigenvalue weighted by Crippen LogP contribution is -2.28. The van der Waals surface area contributed by atoms with Crippen molar-refractivity contribution in [2.24, 2.45) is 7.05 Å². The molecule has 7 nitrogen and oxygen atoms in total. The van der Waals surface area contributed by atoms with Gasteiger partial charge in [-0.3, -0.25) is 9.29 Å². The van der Waals surface area contributed by atoms with Gasteiger partial charge in [0.15, 0.2) is 4.60 Å². The van der Waals surface area contributed by atoms with Crippen LogP contribution in [0.2, 0.25) is 0 Å². The van der Waals surface area contributed by atoms with E-state index in [4.69, 9.17) is 0 Å². The molecule has 2 aromatic heterocycles. The van der Waals surface area contributed by atoms with Gasteiger partial charge < -0.3 is 0 Å². The third-order valence-electron chi connectivity index (χ3n) is 2.35. The summed E-state index contributed by atoms with van der Waals surface area (Å²) in [4.78, 5) is 3.89. The first-order valence-electron chi connectivity index (χ1n) is 4.88. The Kier molecular flexibility index (Phi) is 3.35. The molecule has 0 fully saturated rings.